The number of rotatable bonds is 4. The van der Waals surface area contributed by atoms with Crippen molar-refractivity contribution in [3.8, 4) is 0 Å². The second-order valence-corrected chi connectivity index (χ2v) is 7.07. The van der Waals surface area contributed by atoms with Gasteiger partial charge in [0.2, 0.25) is 15.9 Å². The molecule has 7 nitrogen and oxygen atoms in total. The zero-order valence-electron chi connectivity index (χ0n) is 12.4. The fourth-order valence-corrected chi connectivity index (χ4v) is 4.08. The van der Waals surface area contributed by atoms with Crippen LogP contribution in [-0.4, -0.2) is 49.3 Å². The lowest BCUT2D eigenvalue weighted by Gasteiger charge is -2.21. The first-order valence-electron chi connectivity index (χ1n) is 6.84. The van der Waals surface area contributed by atoms with Crippen molar-refractivity contribution in [2.75, 3.05) is 18.5 Å². The van der Waals surface area contributed by atoms with Gasteiger partial charge in [-0.2, -0.15) is 4.31 Å². The Bertz CT molecular complexity index is 684. The van der Waals surface area contributed by atoms with Crippen molar-refractivity contribution in [2.45, 2.75) is 30.7 Å². The van der Waals surface area contributed by atoms with Crippen LogP contribution in [0.2, 0.25) is 0 Å². The van der Waals surface area contributed by atoms with Crippen molar-refractivity contribution in [2.24, 2.45) is 0 Å². The highest BCUT2D eigenvalue weighted by Gasteiger charge is 2.39. The van der Waals surface area contributed by atoms with Crippen LogP contribution in [0, 0.1) is 0 Å². The highest BCUT2D eigenvalue weighted by Crippen LogP contribution is 2.27. The summed E-state index contributed by atoms with van der Waals surface area (Å²) in [5.74, 6) is -1.30. The summed E-state index contributed by atoms with van der Waals surface area (Å²) in [4.78, 5) is 23.9. The second kappa shape index (κ2) is 6.05. The van der Waals surface area contributed by atoms with Crippen LogP contribution in [0.5, 0.6) is 0 Å². The number of hydrogen-bond donors (Lipinski definition) is 1. The Kier molecular flexibility index (Phi) is 4.52. The van der Waals surface area contributed by atoms with Gasteiger partial charge in [-0.15, -0.1) is 0 Å². The van der Waals surface area contributed by atoms with Crippen molar-refractivity contribution in [1.29, 1.82) is 0 Å². The second-order valence-electron chi connectivity index (χ2n) is 5.18. The molecule has 120 valence electrons. The van der Waals surface area contributed by atoms with Gasteiger partial charge in [-0.25, -0.2) is 8.42 Å². The zero-order valence-corrected chi connectivity index (χ0v) is 13.2. The van der Waals surface area contributed by atoms with Gasteiger partial charge in [-0.1, -0.05) is 0 Å². The molecule has 0 aliphatic carbocycles. The molecule has 1 saturated heterocycles. The molecule has 8 heteroatoms. The molecule has 1 fully saturated rings. The minimum absolute atomic E-state index is 0.0290. The van der Waals surface area contributed by atoms with Gasteiger partial charge in [0.25, 0.3) is 0 Å². The number of amides is 1. The first-order chi connectivity index (χ1) is 10.2. The molecular weight excluding hydrogens is 308 g/mol. The first-order valence-corrected chi connectivity index (χ1v) is 8.28. The topological polar surface area (TPSA) is 95.0 Å². The minimum Gasteiger partial charge on any atom is -0.480 e. The third-order valence-electron chi connectivity index (χ3n) is 3.79. The Labute approximate surface area is 129 Å². The fourth-order valence-electron chi connectivity index (χ4n) is 2.43. The Morgan fingerprint density at radius 2 is 1.86 bits per heavy atom. The average Bonchev–Trinajstić information content (AvgIpc) is 2.97. The van der Waals surface area contributed by atoms with Crippen LogP contribution in [-0.2, 0) is 19.6 Å². The largest absolute Gasteiger partial charge is 0.480 e. The number of anilines is 1. The Balaban J connectivity index is 2.30. The summed E-state index contributed by atoms with van der Waals surface area (Å²) < 4.78 is 26.1. The Hall–Kier alpha value is -1.93. The van der Waals surface area contributed by atoms with Crippen LogP contribution < -0.4 is 4.90 Å². The SMILES string of the molecule is CC(=O)N(C)c1ccc(S(=O)(=O)N2CCCC2C(=O)O)cc1. The van der Waals surface area contributed by atoms with Crippen LogP contribution >= 0.6 is 0 Å². The third kappa shape index (κ3) is 2.97. The molecule has 0 radical (unpaired) electrons. The van der Waals surface area contributed by atoms with E-state index in [0.29, 0.717) is 18.5 Å². The van der Waals surface area contributed by atoms with Gasteiger partial charge in [-0.3, -0.25) is 9.59 Å². The molecule has 1 aromatic carbocycles. The van der Waals surface area contributed by atoms with Crippen LogP contribution in [0.25, 0.3) is 0 Å². The zero-order chi connectivity index (χ0) is 16.5. The van der Waals surface area contributed by atoms with Gasteiger partial charge in [-0.05, 0) is 37.1 Å². The molecule has 0 spiro atoms. The molecule has 1 aliphatic heterocycles. The van der Waals surface area contributed by atoms with Gasteiger partial charge in [0, 0.05) is 26.2 Å². The van der Waals surface area contributed by atoms with Crippen LogP contribution in [0.4, 0.5) is 5.69 Å². The maximum absolute atomic E-state index is 12.5. The highest BCUT2D eigenvalue weighted by molar-refractivity contribution is 7.89. The smallest absolute Gasteiger partial charge is 0.322 e. The summed E-state index contributed by atoms with van der Waals surface area (Å²) in [6, 6.07) is 4.83. The lowest BCUT2D eigenvalue weighted by molar-refractivity contribution is -0.140. The standard InChI is InChI=1S/C14H18N2O5S/c1-10(17)15(2)11-5-7-12(8-6-11)22(20,21)16-9-3-4-13(16)14(18)19/h5-8,13H,3-4,9H2,1-2H3,(H,18,19). The third-order valence-corrected chi connectivity index (χ3v) is 5.71. The predicted molar refractivity (Wildman–Crippen MR) is 80.1 cm³/mol. The van der Waals surface area contributed by atoms with E-state index >= 15 is 0 Å². The van der Waals surface area contributed by atoms with E-state index in [1.165, 1.54) is 36.1 Å². The molecular formula is C14H18N2O5S. The maximum Gasteiger partial charge on any atom is 0.322 e. The van der Waals surface area contributed by atoms with Gasteiger partial charge in [0.15, 0.2) is 0 Å². The van der Waals surface area contributed by atoms with E-state index in [-0.39, 0.29) is 17.3 Å². The number of carbonyl (C=O) groups is 2. The number of nitrogens with zero attached hydrogens (tertiary/aromatic N) is 2. The molecule has 2 rings (SSSR count). The molecule has 0 bridgehead atoms. The van der Waals surface area contributed by atoms with Crippen molar-refractivity contribution in [3.05, 3.63) is 24.3 Å². The predicted octanol–water partition coefficient (Wildman–Crippen LogP) is 0.907. The van der Waals surface area contributed by atoms with Crippen molar-refractivity contribution in [3.63, 3.8) is 0 Å². The van der Waals surface area contributed by atoms with Crippen LogP contribution in [0.15, 0.2) is 29.2 Å². The van der Waals surface area contributed by atoms with Crippen molar-refractivity contribution < 1.29 is 23.1 Å². The number of carboxylic acid groups (broad SMARTS) is 1. The lowest BCUT2D eigenvalue weighted by Crippen LogP contribution is -2.40. The van der Waals surface area contributed by atoms with Gasteiger partial charge < -0.3 is 10.0 Å². The first kappa shape index (κ1) is 16.4. The summed E-state index contributed by atoms with van der Waals surface area (Å²) in [6.45, 7) is 1.61. The number of aliphatic carboxylic acids is 1. The molecule has 1 unspecified atom stereocenters. The van der Waals surface area contributed by atoms with E-state index < -0.39 is 22.0 Å². The van der Waals surface area contributed by atoms with Gasteiger partial charge in [0.1, 0.15) is 6.04 Å². The molecule has 0 aromatic heterocycles. The maximum atomic E-state index is 12.5. The Morgan fingerprint density at radius 1 is 1.27 bits per heavy atom. The number of sulfonamides is 1. The fraction of sp³-hybridized carbons (Fsp3) is 0.429. The molecule has 1 heterocycles. The number of carboxylic acids is 1. The molecule has 0 saturated carbocycles. The van der Waals surface area contributed by atoms with E-state index in [1.54, 1.807) is 7.05 Å². The van der Waals surface area contributed by atoms with E-state index in [9.17, 15) is 18.0 Å². The summed E-state index contributed by atoms with van der Waals surface area (Å²) in [7, 11) is -2.26. The van der Waals surface area contributed by atoms with Gasteiger partial charge in [0.05, 0.1) is 4.90 Å². The Morgan fingerprint density at radius 3 is 2.36 bits per heavy atom. The molecule has 22 heavy (non-hydrogen) atoms. The number of benzene rings is 1. The molecule has 1 N–H and O–H groups in total. The van der Waals surface area contributed by atoms with Crippen LogP contribution in [0.3, 0.4) is 0 Å². The van der Waals surface area contributed by atoms with Crippen molar-refractivity contribution >= 4 is 27.6 Å². The number of hydrogen-bond acceptors (Lipinski definition) is 4. The van der Waals surface area contributed by atoms with E-state index in [0.717, 1.165) is 4.31 Å². The molecule has 1 amide bonds. The van der Waals surface area contributed by atoms with Crippen molar-refractivity contribution in [1.82, 2.24) is 4.31 Å². The van der Waals surface area contributed by atoms with Crippen LogP contribution in [0.1, 0.15) is 19.8 Å². The van der Waals surface area contributed by atoms with Gasteiger partial charge >= 0.3 is 5.97 Å². The summed E-state index contributed by atoms with van der Waals surface area (Å²) >= 11 is 0. The summed E-state index contributed by atoms with van der Waals surface area (Å²) in [5, 5.41) is 9.12. The molecule has 1 aliphatic rings. The normalized spacial score (nSPS) is 19.1. The van der Waals surface area contributed by atoms with E-state index in [1.807, 2.05) is 0 Å². The summed E-state index contributed by atoms with van der Waals surface area (Å²) in [5.41, 5.74) is 0.572. The molecule has 1 aromatic rings. The van der Waals surface area contributed by atoms with E-state index in [2.05, 4.69) is 0 Å². The minimum atomic E-state index is -3.85. The monoisotopic (exact) mass is 326 g/mol. The lowest BCUT2D eigenvalue weighted by atomic mass is 10.2. The highest BCUT2D eigenvalue weighted by atomic mass is 32.2. The summed E-state index contributed by atoms with van der Waals surface area (Å²) in [6.07, 6.45) is 0.848. The average molecular weight is 326 g/mol. The van der Waals surface area contributed by atoms with E-state index in [4.69, 9.17) is 5.11 Å². The quantitative estimate of drug-likeness (QED) is 0.887. The molecule has 1 atom stereocenters. The number of carbonyl (C=O) groups excluding carboxylic acids is 1.